The van der Waals surface area contributed by atoms with Crippen LogP contribution in [-0.2, 0) is 10.0 Å². The zero-order valence-corrected chi connectivity index (χ0v) is 12.9. The summed E-state index contributed by atoms with van der Waals surface area (Å²) in [5, 5.41) is 2.08. The average molecular weight is 351 g/mol. The molecule has 1 heterocycles. The fourth-order valence-corrected chi connectivity index (χ4v) is 2.83. The quantitative estimate of drug-likeness (QED) is 0.828. The zero-order valence-electron chi connectivity index (χ0n) is 10.6. The van der Waals surface area contributed by atoms with Gasteiger partial charge in [0.15, 0.2) is 5.82 Å². The molecule has 0 atom stereocenters. The van der Waals surface area contributed by atoms with Crippen molar-refractivity contribution in [1.82, 2.24) is 9.97 Å². The van der Waals surface area contributed by atoms with E-state index in [0.717, 1.165) is 24.5 Å². The van der Waals surface area contributed by atoms with E-state index in [2.05, 4.69) is 20.0 Å². The van der Waals surface area contributed by atoms with E-state index < -0.39 is 15.8 Å². The minimum Gasteiger partial charge on any atom is -0.357 e. The molecular weight excluding hydrogens is 342 g/mol. The molecule has 0 aliphatic heterocycles. The lowest BCUT2D eigenvalue weighted by atomic mass is 10.3. The van der Waals surface area contributed by atoms with E-state index >= 15 is 0 Å². The summed E-state index contributed by atoms with van der Waals surface area (Å²) < 4.78 is 39.7. The molecule has 6 nitrogen and oxygen atoms in total. The van der Waals surface area contributed by atoms with E-state index in [4.69, 9.17) is 23.2 Å². The topological polar surface area (TPSA) is 84.0 Å². The third kappa shape index (κ3) is 3.52. The minimum absolute atomic E-state index is 0.0316. The predicted molar refractivity (Wildman–Crippen MR) is 78.8 cm³/mol. The van der Waals surface area contributed by atoms with E-state index in [1.54, 1.807) is 7.05 Å². The molecule has 1 aromatic carbocycles. The van der Waals surface area contributed by atoms with Gasteiger partial charge < -0.3 is 5.32 Å². The summed E-state index contributed by atoms with van der Waals surface area (Å²) in [6.45, 7) is 0. The number of hydrogen-bond donors (Lipinski definition) is 2. The Morgan fingerprint density at radius 3 is 2.14 bits per heavy atom. The normalized spacial score (nSPS) is 11.2. The molecule has 0 bridgehead atoms. The molecule has 0 unspecified atom stereocenters. The van der Waals surface area contributed by atoms with Crippen LogP contribution in [0.25, 0.3) is 0 Å². The van der Waals surface area contributed by atoms with Gasteiger partial charge in [-0.25, -0.2) is 22.8 Å². The summed E-state index contributed by atoms with van der Waals surface area (Å²) in [7, 11) is -2.33. The monoisotopic (exact) mass is 350 g/mol. The van der Waals surface area contributed by atoms with Crippen LogP contribution < -0.4 is 10.0 Å². The van der Waals surface area contributed by atoms with Crippen molar-refractivity contribution in [2.45, 2.75) is 4.90 Å². The Morgan fingerprint density at radius 2 is 1.67 bits per heavy atom. The molecule has 0 spiro atoms. The highest BCUT2D eigenvalue weighted by atomic mass is 35.5. The van der Waals surface area contributed by atoms with E-state index in [1.807, 2.05) is 0 Å². The van der Waals surface area contributed by atoms with Crippen molar-refractivity contribution in [2.24, 2.45) is 0 Å². The molecule has 112 valence electrons. The van der Waals surface area contributed by atoms with Crippen LogP contribution in [-0.4, -0.2) is 25.4 Å². The van der Waals surface area contributed by atoms with Gasteiger partial charge in [-0.1, -0.05) is 23.2 Å². The fraction of sp³-hybridized carbons (Fsp3) is 0.0909. The molecule has 2 N–H and O–H groups in total. The molecule has 2 aromatic rings. The molecule has 0 fully saturated rings. The lowest BCUT2D eigenvalue weighted by Gasteiger charge is -2.09. The zero-order chi connectivity index (χ0) is 15.6. The Balaban J connectivity index is 2.32. The second kappa shape index (κ2) is 6.00. The van der Waals surface area contributed by atoms with Crippen LogP contribution in [0, 0.1) is 5.82 Å². The van der Waals surface area contributed by atoms with Crippen LogP contribution in [0.1, 0.15) is 0 Å². The maximum atomic E-state index is 13.3. The minimum atomic E-state index is -3.93. The summed E-state index contributed by atoms with van der Waals surface area (Å²) in [6, 6.07) is 2.23. The first kappa shape index (κ1) is 15.7. The molecule has 0 aliphatic carbocycles. The van der Waals surface area contributed by atoms with Crippen LogP contribution in [0.2, 0.25) is 10.0 Å². The lowest BCUT2D eigenvalue weighted by Crippen LogP contribution is -2.14. The highest BCUT2D eigenvalue weighted by Crippen LogP contribution is 2.28. The third-order valence-corrected chi connectivity index (χ3v) is 4.28. The van der Waals surface area contributed by atoms with Crippen molar-refractivity contribution in [3.63, 3.8) is 0 Å². The van der Waals surface area contributed by atoms with Gasteiger partial charge in [-0.3, -0.25) is 4.72 Å². The molecule has 0 radical (unpaired) electrons. The molecule has 0 saturated heterocycles. The van der Waals surface area contributed by atoms with Crippen LogP contribution in [0.15, 0.2) is 29.4 Å². The Hall–Kier alpha value is -1.64. The van der Waals surface area contributed by atoms with Gasteiger partial charge in [-0.05, 0) is 12.1 Å². The molecule has 10 heteroatoms. The summed E-state index contributed by atoms with van der Waals surface area (Å²) in [4.78, 5) is 7.45. The van der Waals surface area contributed by atoms with Crippen molar-refractivity contribution in [3.8, 4) is 0 Å². The van der Waals surface area contributed by atoms with E-state index in [1.165, 1.54) is 0 Å². The highest BCUT2D eigenvalue weighted by molar-refractivity contribution is 7.92. The number of halogens is 3. The van der Waals surface area contributed by atoms with E-state index in [-0.39, 0.29) is 26.6 Å². The fourth-order valence-electron chi connectivity index (χ4n) is 1.41. The number of benzene rings is 1. The number of rotatable bonds is 4. The van der Waals surface area contributed by atoms with Crippen molar-refractivity contribution in [3.05, 3.63) is 40.4 Å². The lowest BCUT2D eigenvalue weighted by molar-refractivity contribution is 0.600. The molecule has 0 amide bonds. The Morgan fingerprint density at radius 1 is 1.14 bits per heavy atom. The second-order valence-corrected chi connectivity index (χ2v) is 6.35. The van der Waals surface area contributed by atoms with Crippen LogP contribution >= 0.6 is 23.2 Å². The van der Waals surface area contributed by atoms with E-state index in [9.17, 15) is 12.8 Å². The molecule has 1 aromatic heterocycles. The number of anilines is 2. The number of nitrogens with zero attached hydrogens (tertiary/aromatic N) is 2. The molecule has 2 rings (SSSR count). The molecular formula is C11H9Cl2FN4O2S. The SMILES string of the molecule is CNc1ncc(S(=O)(=O)Nc2cc(Cl)c(F)c(Cl)c2)cn1. The van der Waals surface area contributed by atoms with E-state index in [0.29, 0.717) is 0 Å². The molecule has 0 saturated carbocycles. The van der Waals surface area contributed by atoms with Gasteiger partial charge in [-0.2, -0.15) is 0 Å². The van der Waals surface area contributed by atoms with Gasteiger partial charge in [0, 0.05) is 7.05 Å². The maximum Gasteiger partial charge on any atom is 0.264 e. The average Bonchev–Trinajstić information content (AvgIpc) is 2.44. The summed E-state index contributed by atoms with van der Waals surface area (Å²) >= 11 is 11.2. The van der Waals surface area contributed by atoms with Crippen LogP contribution in [0.4, 0.5) is 16.0 Å². The van der Waals surface area contributed by atoms with Gasteiger partial charge >= 0.3 is 0 Å². The van der Waals surface area contributed by atoms with Gasteiger partial charge in [0.25, 0.3) is 10.0 Å². The number of aromatic nitrogens is 2. The van der Waals surface area contributed by atoms with Gasteiger partial charge in [0.2, 0.25) is 5.95 Å². The highest BCUT2D eigenvalue weighted by Gasteiger charge is 2.17. The van der Waals surface area contributed by atoms with Crippen LogP contribution in [0.5, 0.6) is 0 Å². The van der Waals surface area contributed by atoms with Crippen molar-refractivity contribution < 1.29 is 12.8 Å². The molecule has 21 heavy (non-hydrogen) atoms. The second-order valence-electron chi connectivity index (χ2n) is 3.85. The first-order valence-electron chi connectivity index (χ1n) is 5.50. The number of nitrogens with one attached hydrogen (secondary N) is 2. The summed E-state index contributed by atoms with van der Waals surface area (Å²) in [5.41, 5.74) is 0.0316. The number of sulfonamides is 1. The largest absolute Gasteiger partial charge is 0.357 e. The first-order valence-corrected chi connectivity index (χ1v) is 7.74. The Bertz CT molecular complexity index is 745. The van der Waals surface area contributed by atoms with Gasteiger partial charge in [0.05, 0.1) is 28.1 Å². The first-order chi connectivity index (χ1) is 9.83. The predicted octanol–water partition coefficient (Wildman–Crippen LogP) is 2.77. The summed E-state index contributed by atoms with van der Waals surface area (Å²) in [6.07, 6.45) is 2.27. The van der Waals surface area contributed by atoms with Gasteiger partial charge in [-0.15, -0.1) is 0 Å². The smallest absolute Gasteiger partial charge is 0.264 e. The van der Waals surface area contributed by atoms with Crippen molar-refractivity contribution >= 4 is 44.9 Å². The van der Waals surface area contributed by atoms with Gasteiger partial charge in [0.1, 0.15) is 4.90 Å². The number of hydrogen-bond acceptors (Lipinski definition) is 5. The standard InChI is InChI=1S/C11H9Cl2FN4O2S/c1-15-11-16-4-7(5-17-11)21(19,20)18-6-2-8(12)10(14)9(13)3-6/h2-5,18H,1H3,(H,15,16,17). The third-order valence-electron chi connectivity index (χ3n) is 2.40. The van der Waals surface area contributed by atoms with Crippen molar-refractivity contribution in [2.75, 3.05) is 17.1 Å². The maximum absolute atomic E-state index is 13.3. The summed E-state index contributed by atoms with van der Waals surface area (Å²) in [5.74, 6) is -0.537. The Kier molecular flexibility index (Phi) is 4.50. The molecule has 0 aliphatic rings. The Labute approximate surface area is 130 Å². The van der Waals surface area contributed by atoms with Crippen LogP contribution in [0.3, 0.4) is 0 Å². The van der Waals surface area contributed by atoms with Crippen molar-refractivity contribution in [1.29, 1.82) is 0 Å².